The summed E-state index contributed by atoms with van der Waals surface area (Å²) in [6.45, 7) is 0. The van der Waals surface area contributed by atoms with E-state index in [1.54, 1.807) is 0 Å². The van der Waals surface area contributed by atoms with Crippen LogP contribution in [-0.4, -0.2) is 19.5 Å². The Morgan fingerprint density at radius 2 is 1.76 bits per heavy atom. The Bertz CT molecular complexity index is 788. The number of nitrogens with one attached hydrogen (secondary N) is 1. The summed E-state index contributed by atoms with van der Waals surface area (Å²) in [6, 6.07) is 8.06. The van der Waals surface area contributed by atoms with Crippen molar-refractivity contribution in [3.05, 3.63) is 53.8 Å². The van der Waals surface area contributed by atoms with Gasteiger partial charge < -0.3 is 10.8 Å². The van der Waals surface area contributed by atoms with Crippen molar-refractivity contribution >= 4 is 27.4 Å². The predicted octanol–water partition coefficient (Wildman–Crippen LogP) is 1.91. The first-order valence-electron chi connectivity index (χ1n) is 5.71. The van der Waals surface area contributed by atoms with Crippen LogP contribution < -0.4 is 10.5 Å². The Kier molecular flexibility index (Phi) is 3.81. The summed E-state index contributed by atoms with van der Waals surface area (Å²) in [6.07, 6.45) is 0. The van der Waals surface area contributed by atoms with E-state index in [2.05, 4.69) is 4.72 Å². The molecule has 110 valence electrons. The van der Waals surface area contributed by atoms with Gasteiger partial charge in [0.2, 0.25) is 0 Å². The number of aromatic carboxylic acids is 1. The average molecular weight is 310 g/mol. The van der Waals surface area contributed by atoms with Crippen LogP contribution in [0.25, 0.3) is 0 Å². The normalized spacial score (nSPS) is 11.1. The minimum absolute atomic E-state index is 0.115. The topological polar surface area (TPSA) is 109 Å². The molecule has 0 aliphatic carbocycles. The molecular weight excluding hydrogens is 299 g/mol. The van der Waals surface area contributed by atoms with E-state index in [1.165, 1.54) is 18.2 Å². The van der Waals surface area contributed by atoms with Crippen molar-refractivity contribution in [1.82, 2.24) is 0 Å². The first kappa shape index (κ1) is 14.8. The Hall–Kier alpha value is -2.61. The molecule has 4 N–H and O–H groups in total. The van der Waals surface area contributed by atoms with E-state index in [0.29, 0.717) is 0 Å². The van der Waals surface area contributed by atoms with Crippen LogP contribution in [0, 0.1) is 5.82 Å². The highest BCUT2D eigenvalue weighted by Crippen LogP contribution is 2.22. The van der Waals surface area contributed by atoms with Gasteiger partial charge >= 0.3 is 5.97 Å². The molecule has 0 heterocycles. The number of anilines is 2. The molecule has 2 aromatic carbocycles. The maximum absolute atomic E-state index is 12.8. The van der Waals surface area contributed by atoms with Gasteiger partial charge in [0.05, 0.1) is 5.56 Å². The van der Waals surface area contributed by atoms with E-state index < -0.39 is 32.3 Å². The number of nitrogens with two attached hydrogens (primary N) is 1. The minimum atomic E-state index is -4.13. The standard InChI is InChI=1S/C13H11FN2O4S/c14-8-1-4-10(5-2-8)16-21(19,20)12-6-3-9(15)7-11(12)13(17)18/h1-7,16H,15H2,(H,17,18). The highest BCUT2D eigenvalue weighted by atomic mass is 32.2. The van der Waals surface area contributed by atoms with Gasteiger partial charge in [-0.2, -0.15) is 0 Å². The Balaban J connectivity index is 2.44. The number of carbonyl (C=O) groups is 1. The van der Waals surface area contributed by atoms with Crippen LogP contribution in [0.15, 0.2) is 47.4 Å². The van der Waals surface area contributed by atoms with Crippen molar-refractivity contribution in [2.45, 2.75) is 4.90 Å². The summed E-state index contributed by atoms with van der Waals surface area (Å²) >= 11 is 0. The molecule has 0 amide bonds. The van der Waals surface area contributed by atoms with Crippen LogP contribution in [0.1, 0.15) is 10.4 Å². The number of carboxylic acid groups (broad SMARTS) is 1. The van der Waals surface area contributed by atoms with Gasteiger partial charge in [0.15, 0.2) is 0 Å². The van der Waals surface area contributed by atoms with E-state index in [0.717, 1.165) is 24.3 Å². The van der Waals surface area contributed by atoms with Crippen molar-refractivity contribution in [2.24, 2.45) is 0 Å². The first-order chi connectivity index (χ1) is 9.79. The Labute approximate surface area is 120 Å². The molecule has 0 atom stereocenters. The molecule has 6 nitrogen and oxygen atoms in total. The van der Waals surface area contributed by atoms with Gasteiger partial charge in [-0.3, -0.25) is 4.72 Å². The van der Waals surface area contributed by atoms with Crippen molar-refractivity contribution < 1.29 is 22.7 Å². The average Bonchev–Trinajstić information content (AvgIpc) is 2.40. The van der Waals surface area contributed by atoms with Crippen molar-refractivity contribution in [1.29, 1.82) is 0 Å². The third kappa shape index (κ3) is 3.29. The van der Waals surface area contributed by atoms with E-state index in [-0.39, 0.29) is 11.4 Å². The highest BCUT2D eigenvalue weighted by molar-refractivity contribution is 7.92. The SMILES string of the molecule is Nc1ccc(S(=O)(=O)Nc2ccc(F)cc2)c(C(=O)O)c1. The zero-order valence-electron chi connectivity index (χ0n) is 10.6. The summed E-state index contributed by atoms with van der Waals surface area (Å²) in [5, 5.41) is 9.06. The number of hydrogen-bond donors (Lipinski definition) is 3. The number of nitrogen functional groups attached to an aromatic ring is 1. The summed E-state index contributed by atoms with van der Waals surface area (Å²) < 4.78 is 39.4. The molecule has 8 heteroatoms. The maximum atomic E-state index is 12.8. The molecule has 0 spiro atoms. The second-order valence-electron chi connectivity index (χ2n) is 4.17. The summed E-state index contributed by atoms with van der Waals surface area (Å²) in [5.74, 6) is -1.93. The number of benzene rings is 2. The molecule has 0 saturated heterocycles. The second-order valence-corrected chi connectivity index (χ2v) is 5.82. The van der Waals surface area contributed by atoms with Crippen molar-refractivity contribution in [3.8, 4) is 0 Å². The molecule has 0 aliphatic rings. The second kappa shape index (κ2) is 5.41. The van der Waals surface area contributed by atoms with Gasteiger partial charge in [0, 0.05) is 11.4 Å². The molecule has 0 aliphatic heterocycles. The number of carboxylic acids is 1. The zero-order valence-corrected chi connectivity index (χ0v) is 11.4. The quantitative estimate of drug-likeness (QED) is 0.747. The van der Waals surface area contributed by atoms with E-state index in [9.17, 15) is 17.6 Å². The third-order valence-electron chi connectivity index (χ3n) is 2.62. The number of halogens is 1. The summed E-state index contributed by atoms with van der Waals surface area (Å²) in [4.78, 5) is 10.7. The van der Waals surface area contributed by atoms with Crippen LogP contribution in [-0.2, 0) is 10.0 Å². The van der Waals surface area contributed by atoms with Gasteiger partial charge in [-0.25, -0.2) is 17.6 Å². The van der Waals surface area contributed by atoms with Gasteiger partial charge in [-0.1, -0.05) is 0 Å². The lowest BCUT2D eigenvalue weighted by Gasteiger charge is -2.11. The van der Waals surface area contributed by atoms with Crippen LogP contribution in [0.5, 0.6) is 0 Å². The van der Waals surface area contributed by atoms with Gasteiger partial charge in [-0.15, -0.1) is 0 Å². The molecule has 0 saturated carbocycles. The van der Waals surface area contributed by atoms with Crippen LogP contribution in [0.4, 0.5) is 15.8 Å². The van der Waals surface area contributed by atoms with E-state index in [1.807, 2.05) is 0 Å². The molecule has 0 fully saturated rings. The van der Waals surface area contributed by atoms with Crippen LogP contribution in [0.3, 0.4) is 0 Å². The smallest absolute Gasteiger partial charge is 0.337 e. The molecule has 0 radical (unpaired) electrons. The van der Waals surface area contributed by atoms with Gasteiger partial charge in [0.1, 0.15) is 10.7 Å². The van der Waals surface area contributed by atoms with Crippen LogP contribution in [0.2, 0.25) is 0 Å². The number of hydrogen-bond acceptors (Lipinski definition) is 4. The van der Waals surface area contributed by atoms with Crippen molar-refractivity contribution in [3.63, 3.8) is 0 Å². The lowest BCUT2D eigenvalue weighted by atomic mass is 10.2. The number of rotatable bonds is 4. The zero-order chi connectivity index (χ0) is 15.6. The fourth-order valence-corrected chi connectivity index (χ4v) is 2.92. The molecule has 0 aromatic heterocycles. The monoisotopic (exact) mass is 310 g/mol. The van der Waals surface area contributed by atoms with Gasteiger partial charge in [-0.05, 0) is 42.5 Å². The molecule has 21 heavy (non-hydrogen) atoms. The molecule has 0 unspecified atom stereocenters. The largest absolute Gasteiger partial charge is 0.478 e. The highest BCUT2D eigenvalue weighted by Gasteiger charge is 2.22. The lowest BCUT2D eigenvalue weighted by molar-refractivity contribution is 0.0692. The van der Waals surface area contributed by atoms with Crippen molar-refractivity contribution in [2.75, 3.05) is 10.5 Å². The number of sulfonamides is 1. The van der Waals surface area contributed by atoms with E-state index in [4.69, 9.17) is 10.8 Å². The summed E-state index contributed by atoms with van der Waals surface area (Å²) in [5.41, 5.74) is 5.27. The van der Waals surface area contributed by atoms with E-state index >= 15 is 0 Å². The predicted molar refractivity (Wildman–Crippen MR) is 75.0 cm³/mol. The van der Waals surface area contributed by atoms with Crippen LogP contribution >= 0.6 is 0 Å². The van der Waals surface area contributed by atoms with Gasteiger partial charge in [0.25, 0.3) is 10.0 Å². The fourth-order valence-electron chi connectivity index (χ4n) is 1.68. The summed E-state index contributed by atoms with van der Waals surface area (Å²) in [7, 11) is -4.13. The third-order valence-corrected chi connectivity index (χ3v) is 4.06. The lowest BCUT2D eigenvalue weighted by Crippen LogP contribution is -2.17. The fraction of sp³-hybridized carbons (Fsp3) is 0. The Morgan fingerprint density at radius 1 is 1.14 bits per heavy atom. The molecule has 2 rings (SSSR count). The Morgan fingerprint density at radius 3 is 2.33 bits per heavy atom. The minimum Gasteiger partial charge on any atom is -0.478 e. The maximum Gasteiger partial charge on any atom is 0.337 e. The molecular formula is C13H11FN2O4S. The molecule has 2 aromatic rings. The molecule has 0 bridgehead atoms. The first-order valence-corrected chi connectivity index (χ1v) is 7.19.